The first-order valence-corrected chi connectivity index (χ1v) is 7.42. The molecule has 0 amide bonds. The fourth-order valence-electron chi connectivity index (χ4n) is 2.09. The van der Waals surface area contributed by atoms with E-state index in [1.807, 2.05) is 39.0 Å². The van der Waals surface area contributed by atoms with Gasteiger partial charge in [0.1, 0.15) is 17.7 Å². The van der Waals surface area contributed by atoms with Gasteiger partial charge in [-0.05, 0) is 32.8 Å². The van der Waals surface area contributed by atoms with E-state index >= 15 is 0 Å². The zero-order valence-electron chi connectivity index (χ0n) is 13.2. The summed E-state index contributed by atoms with van der Waals surface area (Å²) in [6.07, 6.45) is 1.01. The van der Waals surface area contributed by atoms with E-state index in [0.29, 0.717) is 5.88 Å². The third-order valence-corrected chi connectivity index (χ3v) is 3.31. The van der Waals surface area contributed by atoms with E-state index in [1.165, 1.54) is 0 Å². The first kappa shape index (κ1) is 15.3. The summed E-state index contributed by atoms with van der Waals surface area (Å²) < 4.78 is 6.04. The molecule has 2 rings (SSSR count). The lowest BCUT2D eigenvalue weighted by atomic mass is 10.1. The van der Waals surface area contributed by atoms with E-state index in [9.17, 15) is 0 Å². The molecule has 0 aliphatic heterocycles. The zero-order valence-corrected chi connectivity index (χ0v) is 13.2. The third kappa shape index (κ3) is 3.94. The summed E-state index contributed by atoms with van der Waals surface area (Å²) in [5, 5.41) is 3.33. The molecule has 2 aromatic rings. The van der Waals surface area contributed by atoms with Crippen LogP contribution in [-0.4, -0.2) is 16.5 Å². The predicted molar refractivity (Wildman–Crippen MR) is 85.8 cm³/mol. The van der Waals surface area contributed by atoms with Gasteiger partial charge in [-0.25, -0.2) is 4.98 Å². The minimum absolute atomic E-state index is 0.0433. The summed E-state index contributed by atoms with van der Waals surface area (Å²) in [4.78, 5) is 8.88. The molecule has 1 heterocycles. The lowest BCUT2D eigenvalue weighted by Crippen LogP contribution is -2.10. The Morgan fingerprint density at radius 3 is 2.52 bits per heavy atom. The summed E-state index contributed by atoms with van der Waals surface area (Å²) in [5.74, 6) is 2.23. The normalized spacial score (nSPS) is 12.0. The van der Waals surface area contributed by atoms with Gasteiger partial charge in [-0.1, -0.05) is 37.3 Å². The molecule has 4 nitrogen and oxygen atoms in total. The molecule has 1 unspecified atom stereocenters. The number of benzene rings is 1. The van der Waals surface area contributed by atoms with E-state index in [0.717, 1.165) is 35.7 Å². The highest BCUT2D eigenvalue weighted by Gasteiger charge is 2.14. The molecule has 0 radical (unpaired) electrons. The van der Waals surface area contributed by atoms with Gasteiger partial charge in [0.25, 0.3) is 0 Å². The highest BCUT2D eigenvalue weighted by Crippen LogP contribution is 2.26. The zero-order chi connectivity index (χ0) is 15.2. The number of aryl methyl sites for hydroxylation is 1. The Bertz CT molecular complexity index is 584. The minimum Gasteiger partial charge on any atom is -0.469 e. The van der Waals surface area contributed by atoms with Crippen molar-refractivity contribution >= 4 is 5.82 Å². The second-order valence-corrected chi connectivity index (χ2v) is 5.15. The standard InChI is InChI=1S/C17H23N3O/c1-5-11-18-16-12(2)17(20-14(4)19-16)21-13(3)15-9-7-6-8-10-15/h6-10,13H,5,11H2,1-4H3,(H,18,19,20). The number of nitrogens with one attached hydrogen (secondary N) is 1. The molecule has 1 aromatic carbocycles. The summed E-state index contributed by atoms with van der Waals surface area (Å²) in [5.41, 5.74) is 2.09. The van der Waals surface area contributed by atoms with Crippen LogP contribution in [0.15, 0.2) is 30.3 Å². The molecule has 0 bridgehead atoms. The van der Waals surface area contributed by atoms with Crippen molar-refractivity contribution < 1.29 is 4.74 Å². The van der Waals surface area contributed by atoms with Crippen LogP contribution < -0.4 is 10.1 Å². The summed E-state index contributed by atoms with van der Waals surface area (Å²) in [7, 11) is 0. The van der Waals surface area contributed by atoms with E-state index in [4.69, 9.17) is 4.74 Å². The fraction of sp³-hybridized carbons (Fsp3) is 0.412. The maximum absolute atomic E-state index is 6.04. The number of rotatable bonds is 6. The van der Waals surface area contributed by atoms with Crippen molar-refractivity contribution in [2.75, 3.05) is 11.9 Å². The van der Waals surface area contributed by atoms with Gasteiger partial charge in [0.15, 0.2) is 0 Å². The molecule has 21 heavy (non-hydrogen) atoms. The SMILES string of the molecule is CCCNc1nc(C)nc(OC(C)c2ccccc2)c1C. The number of nitrogens with zero attached hydrogens (tertiary/aromatic N) is 2. The Morgan fingerprint density at radius 2 is 1.86 bits per heavy atom. The molecule has 112 valence electrons. The summed E-state index contributed by atoms with van der Waals surface area (Å²) in [6.45, 7) is 8.93. The second kappa shape index (κ2) is 7.07. The van der Waals surface area contributed by atoms with Crippen LogP contribution in [0.25, 0.3) is 0 Å². The largest absolute Gasteiger partial charge is 0.469 e. The first-order chi connectivity index (χ1) is 10.1. The molecular formula is C17H23N3O. The van der Waals surface area contributed by atoms with Crippen molar-refractivity contribution in [3.8, 4) is 5.88 Å². The Labute approximate surface area is 126 Å². The van der Waals surface area contributed by atoms with Gasteiger partial charge in [0.2, 0.25) is 5.88 Å². The third-order valence-electron chi connectivity index (χ3n) is 3.31. The van der Waals surface area contributed by atoms with Crippen LogP contribution in [0.2, 0.25) is 0 Å². The number of aromatic nitrogens is 2. The van der Waals surface area contributed by atoms with Crippen LogP contribution in [0, 0.1) is 13.8 Å². The molecule has 0 saturated carbocycles. The Hall–Kier alpha value is -2.10. The van der Waals surface area contributed by atoms with Crippen molar-refractivity contribution in [2.45, 2.75) is 40.2 Å². The number of anilines is 1. The molecule has 0 saturated heterocycles. The maximum atomic E-state index is 6.04. The Kier molecular flexibility index (Phi) is 5.14. The van der Waals surface area contributed by atoms with Crippen molar-refractivity contribution in [1.82, 2.24) is 9.97 Å². The van der Waals surface area contributed by atoms with Crippen molar-refractivity contribution in [2.24, 2.45) is 0 Å². The molecule has 1 atom stereocenters. The van der Waals surface area contributed by atoms with Crippen LogP contribution in [0.3, 0.4) is 0 Å². The van der Waals surface area contributed by atoms with E-state index in [1.54, 1.807) is 0 Å². The molecule has 0 fully saturated rings. The van der Waals surface area contributed by atoms with Crippen LogP contribution in [0.5, 0.6) is 5.88 Å². The average molecular weight is 285 g/mol. The van der Waals surface area contributed by atoms with Crippen molar-refractivity contribution in [3.63, 3.8) is 0 Å². The van der Waals surface area contributed by atoms with Crippen LogP contribution >= 0.6 is 0 Å². The smallest absolute Gasteiger partial charge is 0.222 e. The maximum Gasteiger partial charge on any atom is 0.222 e. The van der Waals surface area contributed by atoms with Gasteiger partial charge in [-0.2, -0.15) is 4.98 Å². The molecule has 4 heteroatoms. The van der Waals surface area contributed by atoms with Crippen molar-refractivity contribution in [3.05, 3.63) is 47.3 Å². The number of hydrogen-bond acceptors (Lipinski definition) is 4. The topological polar surface area (TPSA) is 47.0 Å². The molecule has 1 N–H and O–H groups in total. The van der Waals surface area contributed by atoms with E-state index in [-0.39, 0.29) is 6.10 Å². The molecular weight excluding hydrogens is 262 g/mol. The number of hydrogen-bond donors (Lipinski definition) is 1. The molecule has 0 spiro atoms. The molecule has 0 aliphatic rings. The predicted octanol–water partition coefficient (Wildman–Crippen LogP) is 4.06. The van der Waals surface area contributed by atoms with Gasteiger partial charge in [-0.3, -0.25) is 0 Å². The lowest BCUT2D eigenvalue weighted by Gasteiger charge is -2.18. The van der Waals surface area contributed by atoms with Crippen LogP contribution in [-0.2, 0) is 0 Å². The Balaban J connectivity index is 2.21. The Morgan fingerprint density at radius 1 is 1.14 bits per heavy atom. The highest BCUT2D eigenvalue weighted by molar-refractivity contribution is 5.48. The van der Waals surface area contributed by atoms with Gasteiger partial charge < -0.3 is 10.1 Å². The fourth-order valence-corrected chi connectivity index (χ4v) is 2.09. The lowest BCUT2D eigenvalue weighted by molar-refractivity contribution is 0.215. The van der Waals surface area contributed by atoms with E-state index < -0.39 is 0 Å². The first-order valence-electron chi connectivity index (χ1n) is 7.42. The van der Waals surface area contributed by atoms with Gasteiger partial charge >= 0.3 is 0 Å². The quantitative estimate of drug-likeness (QED) is 0.869. The van der Waals surface area contributed by atoms with Crippen molar-refractivity contribution in [1.29, 1.82) is 0 Å². The summed E-state index contributed by atoms with van der Waals surface area (Å²) >= 11 is 0. The van der Waals surface area contributed by atoms with E-state index in [2.05, 4.69) is 34.3 Å². The minimum atomic E-state index is -0.0433. The van der Waals surface area contributed by atoms with Gasteiger partial charge in [0.05, 0.1) is 5.56 Å². The monoisotopic (exact) mass is 285 g/mol. The number of ether oxygens (including phenoxy) is 1. The highest BCUT2D eigenvalue weighted by atomic mass is 16.5. The summed E-state index contributed by atoms with van der Waals surface area (Å²) in [6, 6.07) is 10.2. The van der Waals surface area contributed by atoms with Gasteiger partial charge in [-0.15, -0.1) is 0 Å². The van der Waals surface area contributed by atoms with Crippen LogP contribution in [0.1, 0.15) is 43.3 Å². The van der Waals surface area contributed by atoms with Crippen LogP contribution in [0.4, 0.5) is 5.82 Å². The average Bonchev–Trinajstić information content (AvgIpc) is 2.50. The second-order valence-electron chi connectivity index (χ2n) is 5.15. The van der Waals surface area contributed by atoms with Gasteiger partial charge in [0, 0.05) is 6.54 Å². The molecule has 0 aliphatic carbocycles. The molecule has 1 aromatic heterocycles.